The number of nitrogens with two attached hydrogens (primary N) is 1. The van der Waals surface area contributed by atoms with Crippen LogP contribution in [0.2, 0.25) is 10.0 Å². The normalized spacial score (nSPS) is 22.6. The van der Waals surface area contributed by atoms with Gasteiger partial charge in [-0.25, -0.2) is 0 Å². The van der Waals surface area contributed by atoms with Crippen molar-refractivity contribution in [3.8, 4) is 0 Å². The monoisotopic (exact) mass is 320 g/mol. The van der Waals surface area contributed by atoms with Crippen LogP contribution in [-0.2, 0) is 6.54 Å². The second-order valence-corrected chi connectivity index (χ2v) is 6.44. The maximum absolute atomic E-state index is 6.33. The first-order valence-corrected chi connectivity index (χ1v) is 7.86. The molecule has 2 atom stereocenters. The summed E-state index contributed by atoms with van der Waals surface area (Å²) in [7, 11) is 0. The van der Waals surface area contributed by atoms with Gasteiger partial charge in [-0.1, -0.05) is 59.6 Å². The Morgan fingerprint density at radius 1 is 1.00 bits per heavy atom. The van der Waals surface area contributed by atoms with Gasteiger partial charge in [-0.2, -0.15) is 0 Å². The van der Waals surface area contributed by atoms with Crippen LogP contribution in [0.4, 0.5) is 0 Å². The highest BCUT2D eigenvalue weighted by atomic mass is 35.5. The molecule has 110 valence electrons. The van der Waals surface area contributed by atoms with E-state index in [9.17, 15) is 0 Å². The smallest absolute Gasteiger partial charge is 0.0595 e. The molecule has 3 rings (SSSR count). The average molecular weight is 321 g/mol. The van der Waals surface area contributed by atoms with Crippen LogP contribution in [0.15, 0.2) is 48.5 Å². The van der Waals surface area contributed by atoms with E-state index in [-0.39, 0.29) is 6.04 Å². The van der Waals surface area contributed by atoms with Gasteiger partial charge in [0, 0.05) is 31.6 Å². The van der Waals surface area contributed by atoms with E-state index in [4.69, 9.17) is 28.9 Å². The minimum Gasteiger partial charge on any atom is -0.326 e. The van der Waals surface area contributed by atoms with Crippen LogP contribution in [0.3, 0.4) is 0 Å². The zero-order valence-electron chi connectivity index (χ0n) is 11.7. The van der Waals surface area contributed by atoms with Gasteiger partial charge in [0.1, 0.15) is 0 Å². The van der Waals surface area contributed by atoms with E-state index in [0.29, 0.717) is 16.0 Å². The first-order valence-electron chi connectivity index (χ1n) is 7.10. The number of likely N-dealkylation sites (tertiary alicyclic amines) is 1. The fourth-order valence-corrected chi connectivity index (χ4v) is 3.29. The largest absolute Gasteiger partial charge is 0.326 e. The Morgan fingerprint density at radius 3 is 2.48 bits per heavy atom. The quantitative estimate of drug-likeness (QED) is 0.928. The lowest BCUT2D eigenvalue weighted by Gasteiger charge is -2.16. The molecule has 1 fully saturated rings. The third kappa shape index (κ3) is 3.41. The molecule has 2 nitrogen and oxygen atoms in total. The van der Waals surface area contributed by atoms with Crippen LogP contribution in [0, 0.1) is 0 Å². The molecule has 0 aliphatic carbocycles. The Hall–Kier alpha value is -1.06. The van der Waals surface area contributed by atoms with E-state index in [2.05, 4.69) is 29.2 Å². The molecule has 2 N–H and O–H groups in total. The van der Waals surface area contributed by atoms with Crippen LogP contribution in [0.5, 0.6) is 0 Å². The highest BCUT2D eigenvalue weighted by Crippen LogP contribution is 2.31. The Labute approximate surface area is 135 Å². The fourth-order valence-electron chi connectivity index (χ4n) is 2.98. The summed E-state index contributed by atoms with van der Waals surface area (Å²) in [5.41, 5.74) is 8.82. The third-order valence-corrected chi connectivity index (χ3v) is 4.80. The van der Waals surface area contributed by atoms with Gasteiger partial charge in [0.25, 0.3) is 0 Å². The lowest BCUT2D eigenvalue weighted by molar-refractivity contribution is 0.324. The van der Waals surface area contributed by atoms with E-state index >= 15 is 0 Å². The molecule has 0 spiro atoms. The summed E-state index contributed by atoms with van der Waals surface area (Å²) in [6.07, 6.45) is 0. The summed E-state index contributed by atoms with van der Waals surface area (Å²) in [5, 5.41) is 1.19. The molecule has 0 saturated carbocycles. The average Bonchev–Trinajstić information content (AvgIpc) is 2.84. The minimum absolute atomic E-state index is 0.131. The van der Waals surface area contributed by atoms with Gasteiger partial charge >= 0.3 is 0 Å². The van der Waals surface area contributed by atoms with E-state index in [0.717, 1.165) is 19.6 Å². The Morgan fingerprint density at radius 2 is 1.76 bits per heavy atom. The van der Waals surface area contributed by atoms with Crippen molar-refractivity contribution < 1.29 is 0 Å². The summed E-state index contributed by atoms with van der Waals surface area (Å²) in [4.78, 5) is 2.40. The number of nitrogens with zero attached hydrogens (tertiary/aromatic N) is 1. The maximum Gasteiger partial charge on any atom is 0.0595 e. The highest BCUT2D eigenvalue weighted by molar-refractivity contribution is 6.42. The van der Waals surface area contributed by atoms with Crippen molar-refractivity contribution in [1.82, 2.24) is 4.90 Å². The third-order valence-electron chi connectivity index (χ3n) is 4.06. The molecule has 1 saturated heterocycles. The van der Waals surface area contributed by atoms with Crippen molar-refractivity contribution in [1.29, 1.82) is 0 Å². The van der Waals surface area contributed by atoms with Gasteiger partial charge in [-0.05, 0) is 23.3 Å². The predicted octanol–water partition coefficient (Wildman–Crippen LogP) is 3.92. The van der Waals surface area contributed by atoms with Gasteiger partial charge in [0.15, 0.2) is 0 Å². The molecule has 1 aliphatic rings. The number of hydrogen-bond donors (Lipinski definition) is 1. The Balaban J connectivity index is 1.72. The number of hydrogen-bond acceptors (Lipinski definition) is 2. The SMILES string of the molecule is N[C@H]1CN(Cc2ccccc2)C[C@H]1c1ccc(Cl)c(Cl)c1. The summed E-state index contributed by atoms with van der Waals surface area (Å²) in [6.45, 7) is 2.79. The Bertz CT molecular complexity index is 615. The summed E-state index contributed by atoms with van der Waals surface area (Å²) in [5.74, 6) is 0.309. The van der Waals surface area contributed by atoms with Gasteiger partial charge in [-0.15, -0.1) is 0 Å². The van der Waals surface area contributed by atoms with Crippen molar-refractivity contribution in [3.05, 3.63) is 69.7 Å². The van der Waals surface area contributed by atoms with E-state index in [1.165, 1.54) is 11.1 Å². The van der Waals surface area contributed by atoms with Crippen molar-refractivity contribution in [2.75, 3.05) is 13.1 Å². The van der Waals surface area contributed by atoms with Crippen LogP contribution >= 0.6 is 23.2 Å². The molecular formula is C17H18Cl2N2. The molecule has 1 aliphatic heterocycles. The van der Waals surface area contributed by atoms with Crippen LogP contribution in [-0.4, -0.2) is 24.0 Å². The number of halogens is 2. The van der Waals surface area contributed by atoms with E-state index < -0.39 is 0 Å². The fraction of sp³-hybridized carbons (Fsp3) is 0.294. The summed E-state index contributed by atoms with van der Waals surface area (Å²) in [6, 6.07) is 16.4. The number of rotatable bonds is 3. The van der Waals surface area contributed by atoms with Crippen LogP contribution in [0.1, 0.15) is 17.0 Å². The van der Waals surface area contributed by atoms with Crippen molar-refractivity contribution >= 4 is 23.2 Å². The summed E-state index contributed by atoms with van der Waals surface area (Å²) < 4.78 is 0. The molecule has 0 bridgehead atoms. The molecule has 1 heterocycles. The maximum atomic E-state index is 6.33. The standard InChI is InChI=1S/C17H18Cl2N2/c18-15-7-6-13(8-16(15)19)14-10-21(11-17(14)20)9-12-4-2-1-3-5-12/h1-8,14,17H,9-11,20H2/t14-,17-/m0/s1. The molecule has 0 amide bonds. The second kappa shape index (κ2) is 6.37. The molecule has 2 aromatic carbocycles. The predicted molar refractivity (Wildman–Crippen MR) is 88.9 cm³/mol. The lowest BCUT2D eigenvalue weighted by Crippen LogP contribution is -2.28. The van der Waals surface area contributed by atoms with E-state index in [1.807, 2.05) is 24.3 Å². The second-order valence-electron chi connectivity index (χ2n) is 5.62. The van der Waals surface area contributed by atoms with Crippen molar-refractivity contribution in [2.24, 2.45) is 5.73 Å². The molecule has 0 radical (unpaired) electrons. The zero-order chi connectivity index (χ0) is 14.8. The minimum atomic E-state index is 0.131. The van der Waals surface area contributed by atoms with Gasteiger partial charge in [-0.3, -0.25) is 4.90 Å². The summed E-state index contributed by atoms with van der Waals surface area (Å²) >= 11 is 12.1. The van der Waals surface area contributed by atoms with Gasteiger partial charge < -0.3 is 5.73 Å². The van der Waals surface area contributed by atoms with Crippen LogP contribution < -0.4 is 5.73 Å². The van der Waals surface area contributed by atoms with Gasteiger partial charge in [0.2, 0.25) is 0 Å². The molecule has 4 heteroatoms. The zero-order valence-corrected chi connectivity index (χ0v) is 13.2. The first-order chi connectivity index (χ1) is 10.1. The molecule has 0 aromatic heterocycles. The van der Waals surface area contributed by atoms with Crippen molar-refractivity contribution in [2.45, 2.75) is 18.5 Å². The highest BCUT2D eigenvalue weighted by Gasteiger charge is 2.31. The van der Waals surface area contributed by atoms with E-state index in [1.54, 1.807) is 0 Å². The molecule has 2 aromatic rings. The van der Waals surface area contributed by atoms with Gasteiger partial charge in [0.05, 0.1) is 10.0 Å². The number of benzene rings is 2. The van der Waals surface area contributed by atoms with Crippen LogP contribution in [0.25, 0.3) is 0 Å². The Kier molecular flexibility index (Phi) is 4.51. The first kappa shape index (κ1) is 14.9. The lowest BCUT2D eigenvalue weighted by atomic mass is 9.95. The molecule has 0 unspecified atom stereocenters. The van der Waals surface area contributed by atoms with Crippen molar-refractivity contribution in [3.63, 3.8) is 0 Å². The molecule has 21 heavy (non-hydrogen) atoms. The molecular weight excluding hydrogens is 303 g/mol. The topological polar surface area (TPSA) is 29.3 Å².